The van der Waals surface area contributed by atoms with E-state index in [0.29, 0.717) is 31.4 Å². The number of fused-ring (bicyclic) bond motifs is 1. The van der Waals surface area contributed by atoms with E-state index in [2.05, 4.69) is 16.2 Å². The van der Waals surface area contributed by atoms with E-state index in [-0.39, 0.29) is 37.1 Å². The number of thiazole rings is 1. The van der Waals surface area contributed by atoms with Gasteiger partial charge in [0.1, 0.15) is 11.6 Å². The largest absolute Gasteiger partial charge is 0.392 e. The van der Waals surface area contributed by atoms with Crippen LogP contribution in [0.4, 0.5) is 4.39 Å². The van der Waals surface area contributed by atoms with Crippen LogP contribution in [0.2, 0.25) is 0 Å². The van der Waals surface area contributed by atoms with Gasteiger partial charge < -0.3 is 20.3 Å². The molecule has 0 bridgehead atoms. The predicted molar refractivity (Wildman–Crippen MR) is 144 cm³/mol. The number of nitrogens with zero attached hydrogens (tertiary/aromatic N) is 1. The minimum Gasteiger partial charge on any atom is -0.392 e. The maximum atomic E-state index is 15.5. The molecule has 1 amide bonds. The monoisotopic (exact) mass is 546 g/mol. The molecule has 3 N–H and O–H groups in total. The van der Waals surface area contributed by atoms with Gasteiger partial charge in [0, 0.05) is 18.2 Å². The highest BCUT2D eigenvalue weighted by atomic mass is 32.1. The van der Waals surface area contributed by atoms with Crippen LogP contribution >= 0.6 is 11.3 Å². The fourth-order valence-corrected chi connectivity index (χ4v) is 6.65. The SMILES string of the molecule is C#CCC1C(=O)C2(CCC2)C(O)CC(=O)NC(/C(F)=C/c2csc(C)n2)CC2OC2(C)CCCC(C)C1O. The number of aliphatic hydroxyl groups excluding tert-OH is 2. The number of ether oxygens (including phenoxy) is 1. The molecule has 9 heteroatoms. The molecule has 2 saturated heterocycles. The van der Waals surface area contributed by atoms with E-state index in [1.807, 2.05) is 20.8 Å². The number of hydrogen-bond acceptors (Lipinski definition) is 7. The third-order valence-corrected chi connectivity index (χ3v) is 9.62. The number of amides is 1. The van der Waals surface area contributed by atoms with E-state index in [9.17, 15) is 19.8 Å². The number of carbonyl (C=O) groups is 2. The maximum absolute atomic E-state index is 15.5. The highest BCUT2D eigenvalue weighted by molar-refractivity contribution is 7.09. The molecule has 208 valence electrons. The molecule has 1 aromatic heterocycles. The van der Waals surface area contributed by atoms with Crippen molar-refractivity contribution < 1.29 is 28.9 Å². The Morgan fingerprint density at radius 3 is 2.68 bits per heavy atom. The Bertz CT molecular complexity index is 1110. The average molecular weight is 547 g/mol. The maximum Gasteiger partial charge on any atom is 0.223 e. The van der Waals surface area contributed by atoms with Crippen molar-refractivity contribution in [2.45, 2.75) is 109 Å². The number of nitrogens with one attached hydrogen (secondary N) is 1. The fraction of sp³-hybridized carbons (Fsp3) is 0.690. The molecule has 2 aliphatic heterocycles. The molecule has 7 unspecified atom stereocenters. The number of rotatable bonds is 3. The lowest BCUT2D eigenvalue weighted by Crippen LogP contribution is -2.54. The van der Waals surface area contributed by atoms with Crippen molar-refractivity contribution >= 4 is 29.1 Å². The van der Waals surface area contributed by atoms with Gasteiger partial charge in [-0.05, 0) is 51.5 Å². The van der Waals surface area contributed by atoms with Crippen LogP contribution in [-0.4, -0.2) is 56.8 Å². The van der Waals surface area contributed by atoms with E-state index in [0.717, 1.165) is 17.8 Å². The average Bonchev–Trinajstić information content (AvgIpc) is 3.26. The summed E-state index contributed by atoms with van der Waals surface area (Å²) in [5.41, 5.74) is -1.10. The van der Waals surface area contributed by atoms with Crippen molar-refractivity contribution in [3.63, 3.8) is 0 Å². The van der Waals surface area contributed by atoms with E-state index in [4.69, 9.17) is 11.2 Å². The van der Waals surface area contributed by atoms with E-state index in [1.54, 1.807) is 5.38 Å². The molecule has 0 aromatic carbocycles. The van der Waals surface area contributed by atoms with Crippen molar-refractivity contribution in [3.8, 4) is 12.3 Å². The Morgan fingerprint density at radius 2 is 2.08 bits per heavy atom. The molecule has 4 rings (SSSR count). The highest BCUT2D eigenvalue weighted by Crippen LogP contribution is 2.49. The molecule has 1 aromatic rings. The number of Topliss-reactive ketones (excluding diaryl/α,β-unsaturated/α-hetero) is 1. The van der Waals surface area contributed by atoms with Crippen LogP contribution in [0.15, 0.2) is 11.2 Å². The first-order valence-electron chi connectivity index (χ1n) is 13.6. The molecule has 7 nitrogen and oxygen atoms in total. The van der Waals surface area contributed by atoms with Gasteiger partial charge in [-0.25, -0.2) is 9.37 Å². The van der Waals surface area contributed by atoms with Gasteiger partial charge in [-0.2, -0.15) is 0 Å². The molecule has 0 radical (unpaired) electrons. The number of aryl methyl sites for hydroxylation is 1. The number of epoxide rings is 1. The fourth-order valence-electron chi connectivity index (χ4n) is 6.08. The molecular formula is C29H39FN2O5S. The Kier molecular flexibility index (Phi) is 8.78. The minimum absolute atomic E-state index is 0.0715. The van der Waals surface area contributed by atoms with Gasteiger partial charge in [0.2, 0.25) is 5.91 Å². The van der Waals surface area contributed by atoms with Crippen LogP contribution in [0.5, 0.6) is 0 Å². The third kappa shape index (κ3) is 6.04. The van der Waals surface area contributed by atoms with Crippen molar-refractivity contribution in [2.24, 2.45) is 17.3 Å². The number of halogens is 1. The van der Waals surface area contributed by atoms with Crippen molar-refractivity contribution in [2.75, 3.05) is 0 Å². The first kappa shape index (κ1) is 28.9. The second-order valence-electron chi connectivity index (χ2n) is 11.6. The second kappa shape index (κ2) is 11.5. The van der Waals surface area contributed by atoms with Gasteiger partial charge in [-0.15, -0.1) is 23.7 Å². The molecule has 1 aliphatic carbocycles. The molecule has 3 fully saturated rings. The minimum atomic E-state index is -1.25. The van der Waals surface area contributed by atoms with Gasteiger partial charge in [0.25, 0.3) is 0 Å². The Balaban J connectivity index is 1.61. The lowest BCUT2D eigenvalue weighted by Gasteiger charge is -2.46. The predicted octanol–water partition coefficient (Wildman–Crippen LogP) is 4.11. The Hall–Kier alpha value is -2.12. The summed E-state index contributed by atoms with van der Waals surface area (Å²) in [6.45, 7) is 5.72. The summed E-state index contributed by atoms with van der Waals surface area (Å²) in [6.07, 6.45) is 8.18. The highest BCUT2D eigenvalue weighted by Gasteiger charge is 2.55. The summed E-state index contributed by atoms with van der Waals surface area (Å²) in [4.78, 5) is 31.1. The summed E-state index contributed by atoms with van der Waals surface area (Å²) < 4.78 is 21.4. The quantitative estimate of drug-likeness (QED) is 0.389. The van der Waals surface area contributed by atoms with Crippen molar-refractivity contribution in [1.82, 2.24) is 10.3 Å². The van der Waals surface area contributed by atoms with Gasteiger partial charge in [-0.1, -0.05) is 19.8 Å². The van der Waals surface area contributed by atoms with E-state index in [1.165, 1.54) is 17.4 Å². The van der Waals surface area contributed by atoms with E-state index >= 15 is 4.39 Å². The van der Waals surface area contributed by atoms with E-state index < -0.39 is 46.9 Å². The van der Waals surface area contributed by atoms with Crippen molar-refractivity contribution in [3.05, 3.63) is 21.9 Å². The molecule has 1 saturated carbocycles. The molecule has 3 aliphatic rings. The molecule has 1 spiro atoms. The molecular weight excluding hydrogens is 507 g/mol. The summed E-state index contributed by atoms with van der Waals surface area (Å²) in [5, 5.41) is 27.6. The second-order valence-corrected chi connectivity index (χ2v) is 12.6. The van der Waals surface area contributed by atoms with Crippen LogP contribution in [0.1, 0.15) is 82.3 Å². The normalized spacial score (nSPS) is 36.6. The van der Waals surface area contributed by atoms with Gasteiger partial charge >= 0.3 is 0 Å². The van der Waals surface area contributed by atoms with Crippen LogP contribution in [0.25, 0.3) is 6.08 Å². The summed E-state index contributed by atoms with van der Waals surface area (Å²) in [6, 6.07) is -0.945. The molecule has 38 heavy (non-hydrogen) atoms. The zero-order valence-corrected chi connectivity index (χ0v) is 23.2. The van der Waals surface area contributed by atoms with Gasteiger partial charge in [-0.3, -0.25) is 9.59 Å². The zero-order valence-electron chi connectivity index (χ0n) is 22.4. The molecule has 7 atom stereocenters. The third-order valence-electron chi connectivity index (χ3n) is 8.83. The van der Waals surface area contributed by atoms with Crippen LogP contribution in [0, 0.1) is 36.5 Å². The number of aromatic nitrogens is 1. The lowest BCUT2D eigenvalue weighted by atomic mass is 9.58. The number of carbonyl (C=O) groups excluding carboxylic acids is 2. The number of ketones is 1. The summed E-state index contributed by atoms with van der Waals surface area (Å²) in [7, 11) is 0. The Morgan fingerprint density at radius 1 is 1.34 bits per heavy atom. The first-order valence-corrected chi connectivity index (χ1v) is 14.5. The van der Waals surface area contributed by atoms with Gasteiger partial charge in [0.15, 0.2) is 0 Å². The summed E-state index contributed by atoms with van der Waals surface area (Å²) >= 11 is 1.41. The van der Waals surface area contributed by atoms with Crippen LogP contribution < -0.4 is 5.32 Å². The topological polar surface area (TPSA) is 112 Å². The summed E-state index contributed by atoms with van der Waals surface area (Å²) in [5.74, 6) is 0.189. The number of hydrogen-bond donors (Lipinski definition) is 3. The number of aliphatic hydroxyl groups is 2. The number of terminal acetylenes is 1. The first-order chi connectivity index (χ1) is 18.0. The smallest absolute Gasteiger partial charge is 0.223 e. The van der Waals surface area contributed by atoms with Crippen LogP contribution in [-0.2, 0) is 14.3 Å². The lowest BCUT2D eigenvalue weighted by molar-refractivity contribution is -0.155. The Labute approximate surface area is 228 Å². The zero-order chi connectivity index (χ0) is 27.7. The molecule has 3 heterocycles. The standard InChI is InChI=1S/C29H39FN2O5S/c1-5-8-20-26(35)17(2)9-6-10-28(4)24(37-28)14-22(21(30)13-19-16-38-18(3)31-19)32-25(34)15-23(33)29(27(20)36)11-7-12-29/h1,13,16-17,20,22-24,26,33,35H,6-12,14-15H2,2-4H3,(H,32,34)/b21-13-. The van der Waals surface area contributed by atoms with Gasteiger partial charge in [0.05, 0.1) is 58.4 Å². The van der Waals surface area contributed by atoms with Crippen molar-refractivity contribution in [1.29, 1.82) is 0 Å². The van der Waals surface area contributed by atoms with Crippen LogP contribution in [0.3, 0.4) is 0 Å².